The van der Waals surface area contributed by atoms with Gasteiger partial charge in [-0.2, -0.15) is 0 Å². The highest BCUT2D eigenvalue weighted by molar-refractivity contribution is 5.32. The van der Waals surface area contributed by atoms with Gasteiger partial charge in [0.05, 0.1) is 5.69 Å². The molecular weight excluding hydrogens is 220 g/mol. The van der Waals surface area contributed by atoms with Crippen molar-refractivity contribution in [2.24, 2.45) is 5.92 Å². The monoisotopic (exact) mass is 234 g/mol. The summed E-state index contributed by atoms with van der Waals surface area (Å²) in [5.74, 6) is -0.171. The van der Waals surface area contributed by atoms with Gasteiger partial charge in [-0.25, -0.2) is 14.6 Å². The van der Waals surface area contributed by atoms with E-state index in [-0.39, 0.29) is 0 Å². The summed E-state index contributed by atoms with van der Waals surface area (Å²) in [6.45, 7) is 4.28. The molecule has 1 N–H and O–H groups in total. The van der Waals surface area contributed by atoms with Gasteiger partial charge in [0, 0.05) is 0 Å². The molecule has 0 saturated carbocycles. The second kappa shape index (κ2) is 4.45. The van der Waals surface area contributed by atoms with Crippen molar-refractivity contribution in [3.63, 3.8) is 0 Å². The van der Waals surface area contributed by atoms with Crippen molar-refractivity contribution in [3.05, 3.63) is 50.9 Å². The van der Waals surface area contributed by atoms with E-state index in [1.807, 2.05) is 17.1 Å². The largest absolute Gasteiger partial charge is 0.440 e. The van der Waals surface area contributed by atoms with Crippen LogP contribution >= 0.6 is 0 Å². The van der Waals surface area contributed by atoms with E-state index in [1.54, 1.807) is 12.1 Å². The molecule has 1 aromatic heterocycles. The van der Waals surface area contributed by atoms with Gasteiger partial charge >= 0.3 is 11.4 Å². The van der Waals surface area contributed by atoms with Crippen molar-refractivity contribution in [1.82, 2.24) is 9.72 Å². The molecule has 0 aliphatic carbocycles. The fourth-order valence-electron chi connectivity index (χ4n) is 1.69. The minimum absolute atomic E-state index is 0.542. The number of H-pyrrole nitrogens is 1. The molecule has 2 aromatic rings. The van der Waals surface area contributed by atoms with E-state index in [9.17, 15) is 9.59 Å². The van der Waals surface area contributed by atoms with Gasteiger partial charge in [-0.3, -0.25) is 0 Å². The number of rotatable bonds is 3. The minimum atomic E-state index is -0.749. The number of nitrogens with zero attached hydrogens (tertiary/aromatic N) is 1. The highest BCUT2D eigenvalue weighted by Crippen LogP contribution is 2.11. The van der Waals surface area contributed by atoms with E-state index in [1.165, 1.54) is 5.56 Å². The van der Waals surface area contributed by atoms with Crippen LogP contribution in [0, 0.1) is 5.92 Å². The molecule has 0 saturated heterocycles. The summed E-state index contributed by atoms with van der Waals surface area (Å²) in [6.07, 6.45) is 0.978. The third-order valence-corrected chi connectivity index (χ3v) is 2.38. The Balaban J connectivity index is 2.32. The maximum Gasteiger partial charge on any atom is 0.440 e. The van der Waals surface area contributed by atoms with Crippen LogP contribution < -0.4 is 11.4 Å². The predicted molar refractivity (Wildman–Crippen MR) is 63.5 cm³/mol. The van der Waals surface area contributed by atoms with Gasteiger partial charge in [0.15, 0.2) is 0 Å². The molecule has 5 nitrogen and oxygen atoms in total. The maximum absolute atomic E-state index is 11.3. The lowest BCUT2D eigenvalue weighted by Crippen LogP contribution is -2.14. The van der Waals surface area contributed by atoms with Crippen LogP contribution in [0.2, 0.25) is 0 Å². The Bertz CT molecular complexity index is 602. The predicted octanol–water partition coefficient (Wildman–Crippen LogP) is 1.32. The van der Waals surface area contributed by atoms with Crippen LogP contribution in [0.3, 0.4) is 0 Å². The van der Waals surface area contributed by atoms with Gasteiger partial charge in [-0.15, -0.1) is 4.74 Å². The normalized spacial score (nSPS) is 11.0. The van der Waals surface area contributed by atoms with Crippen LogP contribution in [0.25, 0.3) is 5.69 Å². The molecule has 0 radical (unpaired) electrons. The highest BCUT2D eigenvalue weighted by Gasteiger charge is 2.05. The SMILES string of the molecule is CC(C)Cc1ccc(-n2oc(=O)[nH]c2=O)cc1. The summed E-state index contributed by atoms with van der Waals surface area (Å²) < 4.78 is 5.66. The lowest BCUT2D eigenvalue weighted by molar-refractivity contribution is 0.315. The highest BCUT2D eigenvalue weighted by atomic mass is 16.5. The first-order chi connectivity index (χ1) is 8.06. The van der Waals surface area contributed by atoms with Crippen molar-refractivity contribution in [3.8, 4) is 5.69 Å². The first kappa shape index (κ1) is 11.4. The molecule has 5 heteroatoms. The molecule has 90 valence electrons. The zero-order valence-corrected chi connectivity index (χ0v) is 9.77. The number of hydrogen-bond acceptors (Lipinski definition) is 3. The molecule has 0 aliphatic heterocycles. The lowest BCUT2D eigenvalue weighted by atomic mass is 10.0. The summed E-state index contributed by atoms with van der Waals surface area (Å²) in [5, 5.41) is 0. The van der Waals surface area contributed by atoms with E-state index in [2.05, 4.69) is 13.8 Å². The van der Waals surface area contributed by atoms with E-state index < -0.39 is 11.4 Å². The number of hydrogen-bond donors (Lipinski definition) is 1. The standard InChI is InChI=1S/C12H14N2O3/c1-8(2)7-9-3-5-10(6-4-9)14-11(15)13-12(16)17-14/h3-6,8H,7H2,1-2H3,(H,13,15,16). The summed E-state index contributed by atoms with van der Waals surface area (Å²) in [6, 6.07) is 7.37. The molecule has 0 spiro atoms. The summed E-state index contributed by atoms with van der Waals surface area (Å²) in [7, 11) is 0. The maximum atomic E-state index is 11.3. The Morgan fingerprint density at radius 1 is 1.24 bits per heavy atom. The van der Waals surface area contributed by atoms with Crippen molar-refractivity contribution >= 4 is 0 Å². The zero-order valence-electron chi connectivity index (χ0n) is 9.77. The molecule has 17 heavy (non-hydrogen) atoms. The average molecular weight is 234 g/mol. The minimum Gasteiger partial charge on any atom is -0.312 e. The molecule has 0 unspecified atom stereocenters. The second-order valence-corrected chi connectivity index (χ2v) is 4.37. The van der Waals surface area contributed by atoms with Gasteiger partial charge in [0.1, 0.15) is 0 Å². The van der Waals surface area contributed by atoms with E-state index in [0.29, 0.717) is 11.6 Å². The molecule has 1 heterocycles. The number of benzene rings is 1. The quantitative estimate of drug-likeness (QED) is 0.870. The fraction of sp³-hybridized carbons (Fsp3) is 0.333. The van der Waals surface area contributed by atoms with Gasteiger partial charge in [0.2, 0.25) is 0 Å². The molecular formula is C12H14N2O3. The van der Waals surface area contributed by atoms with Crippen LogP contribution in [-0.4, -0.2) is 9.72 Å². The topological polar surface area (TPSA) is 68.0 Å². The smallest absolute Gasteiger partial charge is 0.312 e. The van der Waals surface area contributed by atoms with Crippen LogP contribution in [0.1, 0.15) is 19.4 Å². The number of aromatic nitrogens is 2. The number of aromatic amines is 1. The third-order valence-electron chi connectivity index (χ3n) is 2.38. The van der Waals surface area contributed by atoms with Gasteiger partial charge in [-0.1, -0.05) is 26.0 Å². The van der Waals surface area contributed by atoms with Crippen LogP contribution in [0.4, 0.5) is 0 Å². The van der Waals surface area contributed by atoms with E-state index >= 15 is 0 Å². The molecule has 2 rings (SSSR count). The Morgan fingerprint density at radius 3 is 2.35 bits per heavy atom. The first-order valence-electron chi connectivity index (χ1n) is 5.48. The van der Waals surface area contributed by atoms with Crippen molar-refractivity contribution in [2.45, 2.75) is 20.3 Å². The molecule has 0 atom stereocenters. The Hall–Kier alpha value is -2.04. The first-order valence-corrected chi connectivity index (χ1v) is 5.48. The van der Waals surface area contributed by atoms with Crippen molar-refractivity contribution < 1.29 is 4.52 Å². The second-order valence-electron chi connectivity index (χ2n) is 4.37. The van der Waals surface area contributed by atoms with Crippen molar-refractivity contribution in [1.29, 1.82) is 0 Å². The third kappa shape index (κ3) is 2.55. The van der Waals surface area contributed by atoms with Gasteiger partial charge in [0.25, 0.3) is 0 Å². The van der Waals surface area contributed by atoms with Crippen LogP contribution in [0.5, 0.6) is 0 Å². The Labute approximate surface area is 97.7 Å². The molecule has 0 amide bonds. The van der Waals surface area contributed by atoms with E-state index in [0.717, 1.165) is 11.2 Å². The average Bonchev–Trinajstić information content (AvgIpc) is 2.58. The summed E-state index contributed by atoms with van der Waals surface area (Å²) in [5.41, 5.74) is 1.17. The number of nitrogens with one attached hydrogen (secondary N) is 1. The lowest BCUT2D eigenvalue weighted by Gasteiger charge is -2.05. The fourth-order valence-corrected chi connectivity index (χ4v) is 1.69. The molecule has 0 fully saturated rings. The Kier molecular flexibility index (Phi) is 2.99. The molecule has 0 bridgehead atoms. The summed E-state index contributed by atoms with van der Waals surface area (Å²) in [4.78, 5) is 24.2. The van der Waals surface area contributed by atoms with Crippen LogP contribution in [0.15, 0.2) is 38.4 Å². The van der Waals surface area contributed by atoms with Gasteiger partial charge in [-0.05, 0) is 30.0 Å². The summed E-state index contributed by atoms with van der Waals surface area (Å²) >= 11 is 0. The van der Waals surface area contributed by atoms with E-state index in [4.69, 9.17) is 4.52 Å². The van der Waals surface area contributed by atoms with Crippen LogP contribution in [-0.2, 0) is 6.42 Å². The molecule has 0 aliphatic rings. The Morgan fingerprint density at radius 2 is 1.88 bits per heavy atom. The zero-order chi connectivity index (χ0) is 12.4. The molecule has 1 aromatic carbocycles. The van der Waals surface area contributed by atoms with Gasteiger partial charge < -0.3 is 4.52 Å². The van der Waals surface area contributed by atoms with Crippen molar-refractivity contribution in [2.75, 3.05) is 0 Å².